The Hall–Kier alpha value is -3.20. The Balaban J connectivity index is 1.41. The van der Waals surface area contributed by atoms with Gasteiger partial charge in [-0.1, -0.05) is 0 Å². The van der Waals surface area contributed by atoms with Crippen molar-refractivity contribution in [2.75, 3.05) is 55.6 Å². The van der Waals surface area contributed by atoms with E-state index >= 15 is 0 Å². The van der Waals surface area contributed by atoms with Crippen LogP contribution in [0.5, 0.6) is 0 Å². The van der Waals surface area contributed by atoms with Gasteiger partial charge in [0.05, 0.1) is 6.54 Å². The Morgan fingerprint density at radius 3 is 2.20 bits per heavy atom. The minimum Gasteiger partial charge on any atom is -0.372 e. The lowest BCUT2D eigenvalue weighted by atomic mass is 10.2. The van der Waals surface area contributed by atoms with Gasteiger partial charge in [0.15, 0.2) is 0 Å². The van der Waals surface area contributed by atoms with E-state index in [2.05, 4.69) is 44.5 Å². The maximum Gasteiger partial charge on any atom is 0.269 e. The summed E-state index contributed by atoms with van der Waals surface area (Å²) in [4.78, 5) is 39.3. The van der Waals surface area contributed by atoms with Crippen molar-refractivity contribution >= 4 is 23.5 Å². The van der Waals surface area contributed by atoms with Crippen LogP contribution in [0.15, 0.2) is 42.7 Å². The highest BCUT2D eigenvalue weighted by molar-refractivity contribution is 5.95. The third kappa shape index (κ3) is 5.66. The zero-order valence-corrected chi connectivity index (χ0v) is 17.5. The van der Waals surface area contributed by atoms with Crippen molar-refractivity contribution in [1.82, 2.24) is 25.7 Å². The summed E-state index contributed by atoms with van der Waals surface area (Å²) in [5.41, 5.74) is 6.56. The Morgan fingerprint density at radius 1 is 0.967 bits per heavy atom. The zero-order chi connectivity index (χ0) is 21.3. The van der Waals surface area contributed by atoms with E-state index < -0.39 is 0 Å². The van der Waals surface area contributed by atoms with E-state index in [4.69, 9.17) is 0 Å². The molecule has 30 heavy (non-hydrogen) atoms. The number of piperazine rings is 1. The van der Waals surface area contributed by atoms with E-state index in [-0.39, 0.29) is 18.4 Å². The molecule has 1 aliphatic rings. The van der Waals surface area contributed by atoms with Gasteiger partial charge in [-0.2, -0.15) is 0 Å². The number of rotatable bonds is 7. The number of amides is 2. The number of nitrogens with zero attached hydrogens (tertiary/aromatic N) is 5. The van der Waals surface area contributed by atoms with E-state index in [0.717, 1.165) is 45.0 Å². The van der Waals surface area contributed by atoms with E-state index in [1.54, 1.807) is 30.6 Å². The van der Waals surface area contributed by atoms with Crippen LogP contribution in [0, 0.1) is 0 Å². The van der Waals surface area contributed by atoms with Gasteiger partial charge in [0.25, 0.3) is 11.8 Å². The number of carbonyl (C=O) groups is 2. The lowest BCUT2D eigenvalue weighted by Gasteiger charge is -2.34. The molecule has 1 saturated heterocycles. The first-order chi connectivity index (χ1) is 14.6. The van der Waals surface area contributed by atoms with Crippen LogP contribution in [0.1, 0.15) is 24.2 Å². The third-order valence-electron chi connectivity index (χ3n) is 5.15. The SMILES string of the molecule is CCN(CC)c1ccc(C(=O)NNC(=O)CN2CCN(c3ncccn3)CC2)cc1. The number of benzene rings is 1. The van der Waals surface area contributed by atoms with Gasteiger partial charge < -0.3 is 9.80 Å². The molecule has 0 atom stereocenters. The second-order valence-electron chi connectivity index (χ2n) is 7.03. The average Bonchev–Trinajstić information content (AvgIpc) is 2.80. The minimum absolute atomic E-state index is 0.227. The van der Waals surface area contributed by atoms with Crippen molar-refractivity contribution in [1.29, 1.82) is 0 Å². The second-order valence-corrected chi connectivity index (χ2v) is 7.03. The highest BCUT2D eigenvalue weighted by Gasteiger charge is 2.20. The molecule has 0 bridgehead atoms. The summed E-state index contributed by atoms with van der Waals surface area (Å²) in [6.45, 7) is 9.19. The molecule has 2 heterocycles. The maximum atomic E-state index is 12.3. The van der Waals surface area contributed by atoms with Gasteiger partial charge in [-0.3, -0.25) is 25.3 Å². The largest absolute Gasteiger partial charge is 0.372 e. The van der Waals surface area contributed by atoms with Gasteiger partial charge in [-0.05, 0) is 44.2 Å². The van der Waals surface area contributed by atoms with Crippen molar-refractivity contribution in [3.05, 3.63) is 48.3 Å². The van der Waals surface area contributed by atoms with Crippen LogP contribution in [0.2, 0.25) is 0 Å². The molecule has 1 aromatic heterocycles. The fraction of sp³-hybridized carbons (Fsp3) is 0.429. The summed E-state index contributed by atoms with van der Waals surface area (Å²) in [5.74, 6) is 0.133. The number of hydrogen-bond donors (Lipinski definition) is 2. The number of nitrogens with one attached hydrogen (secondary N) is 2. The number of carbonyl (C=O) groups excluding carboxylic acids is 2. The van der Waals surface area contributed by atoms with Crippen LogP contribution in [0.25, 0.3) is 0 Å². The molecule has 0 aliphatic carbocycles. The summed E-state index contributed by atoms with van der Waals surface area (Å²) in [5, 5.41) is 0. The monoisotopic (exact) mass is 411 g/mol. The number of hydrogen-bond acceptors (Lipinski definition) is 7. The van der Waals surface area contributed by atoms with Gasteiger partial charge in [0.1, 0.15) is 0 Å². The van der Waals surface area contributed by atoms with E-state index in [1.165, 1.54) is 0 Å². The molecule has 2 aromatic rings. The molecular formula is C21H29N7O2. The lowest BCUT2D eigenvalue weighted by molar-refractivity contribution is -0.123. The number of aromatic nitrogens is 2. The summed E-state index contributed by atoms with van der Waals surface area (Å²) in [7, 11) is 0. The normalized spacial score (nSPS) is 14.3. The van der Waals surface area contributed by atoms with Gasteiger partial charge in [0, 0.05) is 62.9 Å². The Kier molecular flexibility index (Phi) is 7.56. The topological polar surface area (TPSA) is 93.7 Å². The third-order valence-corrected chi connectivity index (χ3v) is 5.15. The van der Waals surface area contributed by atoms with Gasteiger partial charge >= 0.3 is 0 Å². The van der Waals surface area contributed by atoms with Crippen LogP contribution in [0.4, 0.5) is 11.6 Å². The molecule has 9 nitrogen and oxygen atoms in total. The van der Waals surface area contributed by atoms with E-state index in [1.807, 2.05) is 17.0 Å². The second kappa shape index (κ2) is 10.5. The first-order valence-corrected chi connectivity index (χ1v) is 10.3. The van der Waals surface area contributed by atoms with E-state index in [9.17, 15) is 9.59 Å². The van der Waals surface area contributed by atoms with Crippen LogP contribution in [-0.2, 0) is 4.79 Å². The molecular weight excluding hydrogens is 382 g/mol. The fourth-order valence-corrected chi connectivity index (χ4v) is 3.41. The zero-order valence-electron chi connectivity index (χ0n) is 17.5. The van der Waals surface area contributed by atoms with Crippen molar-refractivity contribution in [3.8, 4) is 0 Å². The molecule has 1 aliphatic heterocycles. The molecule has 2 amide bonds. The van der Waals surface area contributed by atoms with Crippen LogP contribution in [-0.4, -0.2) is 72.5 Å². The fourth-order valence-electron chi connectivity index (χ4n) is 3.41. The molecule has 0 spiro atoms. The predicted octanol–water partition coefficient (Wildman–Crippen LogP) is 0.906. The molecule has 1 aromatic carbocycles. The Labute approximate surface area is 177 Å². The molecule has 160 valence electrons. The van der Waals surface area contributed by atoms with Crippen LogP contribution in [0.3, 0.4) is 0 Å². The molecule has 1 fully saturated rings. The minimum atomic E-state index is -0.333. The molecule has 9 heteroatoms. The van der Waals surface area contributed by atoms with Gasteiger partial charge in [0.2, 0.25) is 5.95 Å². The molecule has 2 N–H and O–H groups in total. The summed E-state index contributed by atoms with van der Waals surface area (Å²) >= 11 is 0. The van der Waals surface area contributed by atoms with Crippen LogP contribution < -0.4 is 20.7 Å². The highest BCUT2D eigenvalue weighted by Crippen LogP contribution is 2.14. The Morgan fingerprint density at radius 2 is 1.60 bits per heavy atom. The first kappa shape index (κ1) is 21.5. The van der Waals surface area contributed by atoms with Crippen molar-refractivity contribution < 1.29 is 9.59 Å². The quantitative estimate of drug-likeness (QED) is 0.654. The summed E-state index contributed by atoms with van der Waals surface area (Å²) < 4.78 is 0. The molecule has 3 rings (SSSR count). The maximum absolute atomic E-state index is 12.3. The summed E-state index contributed by atoms with van der Waals surface area (Å²) in [6.07, 6.45) is 3.45. The number of hydrazine groups is 1. The van der Waals surface area contributed by atoms with Crippen molar-refractivity contribution in [3.63, 3.8) is 0 Å². The summed E-state index contributed by atoms with van der Waals surface area (Å²) in [6, 6.07) is 9.15. The van der Waals surface area contributed by atoms with Gasteiger partial charge in [-0.25, -0.2) is 9.97 Å². The smallest absolute Gasteiger partial charge is 0.269 e. The molecule has 0 radical (unpaired) electrons. The predicted molar refractivity (Wildman–Crippen MR) is 116 cm³/mol. The average molecular weight is 412 g/mol. The number of anilines is 2. The van der Waals surface area contributed by atoms with Gasteiger partial charge in [-0.15, -0.1) is 0 Å². The first-order valence-electron chi connectivity index (χ1n) is 10.3. The molecule has 0 saturated carbocycles. The van der Waals surface area contributed by atoms with E-state index in [0.29, 0.717) is 11.5 Å². The van der Waals surface area contributed by atoms with Crippen molar-refractivity contribution in [2.45, 2.75) is 13.8 Å². The molecule has 0 unspecified atom stereocenters. The highest BCUT2D eigenvalue weighted by atomic mass is 16.2. The van der Waals surface area contributed by atoms with Crippen LogP contribution >= 0.6 is 0 Å². The Bertz CT molecular complexity index is 817. The van der Waals surface area contributed by atoms with Crippen molar-refractivity contribution in [2.24, 2.45) is 0 Å². The standard InChI is InChI=1S/C21H29N7O2/c1-3-27(4-2)18-8-6-17(7-9-18)20(30)25-24-19(29)16-26-12-14-28(15-13-26)21-22-10-5-11-23-21/h5-11H,3-4,12-16H2,1-2H3,(H,24,29)(H,25,30). The lowest BCUT2D eigenvalue weighted by Crippen LogP contribution is -2.52.